The topological polar surface area (TPSA) is 33.3 Å². The van der Waals surface area contributed by atoms with Crippen molar-refractivity contribution in [2.24, 2.45) is 0 Å². The second kappa shape index (κ2) is 2.86. The van der Waals surface area contributed by atoms with Crippen LogP contribution in [0.4, 0.5) is 0 Å². The van der Waals surface area contributed by atoms with E-state index in [4.69, 9.17) is 4.74 Å². The van der Waals surface area contributed by atoms with Gasteiger partial charge >= 0.3 is 0 Å². The van der Waals surface area contributed by atoms with Crippen LogP contribution in [0.3, 0.4) is 0 Å². The average molecular weight is 142 g/mol. The first-order chi connectivity index (χ1) is 4.95. The quantitative estimate of drug-likeness (QED) is 0.537. The summed E-state index contributed by atoms with van der Waals surface area (Å²) in [5.74, 6) is 0. The van der Waals surface area contributed by atoms with Crippen molar-refractivity contribution >= 4 is 0 Å². The Kier molecular flexibility index (Phi) is 1.88. The summed E-state index contributed by atoms with van der Waals surface area (Å²) in [6.07, 6.45) is 1.27. The molecule has 0 saturated carbocycles. The van der Waals surface area contributed by atoms with Crippen molar-refractivity contribution in [3.05, 3.63) is 0 Å². The Morgan fingerprint density at radius 3 is 2.70 bits per heavy atom. The first-order valence-electron chi connectivity index (χ1n) is 3.99. The van der Waals surface area contributed by atoms with E-state index in [2.05, 4.69) is 10.6 Å². The molecule has 2 rings (SSSR count). The predicted octanol–water partition coefficient (Wildman–Crippen LogP) is -0.663. The molecule has 2 heterocycles. The fourth-order valence-corrected chi connectivity index (χ4v) is 1.46. The number of ether oxygens (including phenoxy) is 1. The van der Waals surface area contributed by atoms with E-state index in [1.54, 1.807) is 0 Å². The Morgan fingerprint density at radius 1 is 1.30 bits per heavy atom. The Balaban J connectivity index is 1.68. The molecule has 2 N–H and O–H groups in total. The van der Waals surface area contributed by atoms with Crippen molar-refractivity contribution in [2.45, 2.75) is 18.5 Å². The third kappa shape index (κ3) is 1.31. The van der Waals surface area contributed by atoms with E-state index in [0.717, 1.165) is 19.8 Å². The number of hydrogen-bond donors (Lipinski definition) is 2. The number of rotatable bonds is 2. The maximum atomic E-state index is 5.06. The Bertz CT molecular complexity index is 108. The molecule has 0 aromatic carbocycles. The molecule has 58 valence electrons. The summed E-state index contributed by atoms with van der Waals surface area (Å²) >= 11 is 0. The summed E-state index contributed by atoms with van der Waals surface area (Å²) < 4.78 is 5.06. The minimum absolute atomic E-state index is 0.643. The molecule has 0 aromatic heterocycles. The minimum atomic E-state index is 0.643. The summed E-state index contributed by atoms with van der Waals surface area (Å²) in [4.78, 5) is 0. The molecule has 0 aromatic rings. The van der Waals surface area contributed by atoms with Crippen LogP contribution in [0, 0.1) is 0 Å². The molecule has 2 fully saturated rings. The van der Waals surface area contributed by atoms with Gasteiger partial charge in [0.05, 0.1) is 19.3 Å². The summed E-state index contributed by atoms with van der Waals surface area (Å²) in [5, 5.41) is 6.85. The fraction of sp³-hybridized carbons (Fsp3) is 1.00. The summed E-state index contributed by atoms with van der Waals surface area (Å²) in [6.45, 7) is 4.13. The van der Waals surface area contributed by atoms with E-state index in [0.29, 0.717) is 12.1 Å². The zero-order valence-corrected chi connectivity index (χ0v) is 6.10. The van der Waals surface area contributed by atoms with E-state index in [9.17, 15) is 0 Å². The van der Waals surface area contributed by atoms with Gasteiger partial charge in [-0.2, -0.15) is 0 Å². The van der Waals surface area contributed by atoms with Crippen LogP contribution in [-0.4, -0.2) is 38.4 Å². The van der Waals surface area contributed by atoms with Gasteiger partial charge in [-0.1, -0.05) is 0 Å². The van der Waals surface area contributed by atoms with Crippen LogP contribution >= 0.6 is 0 Å². The van der Waals surface area contributed by atoms with Crippen LogP contribution in [0.25, 0.3) is 0 Å². The van der Waals surface area contributed by atoms with E-state index in [-0.39, 0.29) is 0 Å². The van der Waals surface area contributed by atoms with Gasteiger partial charge in [0.2, 0.25) is 0 Å². The van der Waals surface area contributed by atoms with E-state index in [1.807, 2.05) is 0 Å². The van der Waals surface area contributed by atoms with Crippen molar-refractivity contribution in [3.63, 3.8) is 0 Å². The highest BCUT2D eigenvalue weighted by atomic mass is 16.5. The lowest BCUT2D eigenvalue weighted by molar-refractivity contribution is -0.00902. The van der Waals surface area contributed by atoms with Gasteiger partial charge in [0.1, 0.15) is 0 Å². The maximum Gasteiger partial charge on any atom is 0.0643 e. The second-order valence-corrected chi connectivity index (χ2v) is 3.09. The lowest BCUT2D eigenvalue weighted by Crippen LogP contribution is -2.50. The number of hydrogen-bond acceptors (Lipinski definition) is 3. The number of nitrogens with one attached hydrogen (secondary N) is 2. The normalized spacial score (nSPS) is 34.2. The van der Waals surface area contributed by atoms with Crippen LogP contribution in [0.2, 0.25) is 0 Å². The van der Waals surface area contributed by atoms with Crippen LogP contribution in [0.1, 0.15) is 6.42 Å². The van der Waals surface area contributed by atoms with Gasteiger partial charge in [0.25, 0.3) is 0 Å². The molecule has 1 atom stereocenters. The van der Waals surface area contributed by atoms with Gasteiger partial charge in [-0.05, 0) is 13.0 Å². The van der Waals surface area contributed by atoms with Gasteiger partial charge in [-0.3, -0.25) is 0 Å². The highest BCUT2D eigenvalue weighted by Gasteiger charge is 2.23. The standard InChI is InChI=1S/C7H14N2O/c1-2-8-3-6(1)9-7-4-10-5-7/h6-9H,1-5H2/t6-/m0/s1. The summed E-state index contributed by atoms with van der Waals surface area (Å²) in [7, 11) is 0. The largest absolute Gasteiger partial charge is 0.378 e. The first kappa shape index (κ1) is 6.58. The first-order valence-corrected chi connectivity index (χ1v) is 3.99. The summed E-state index contributed by atoms with van der Waals surface area (Å²) in [5.41, 5.74) is 0. The molecular weight excluding hydrogens is 128 g/mol. The lowest BCUT2D eigenvalue weighted by atomic mass is 10.2. The fourth-order valence-electron chi connectivity index (χ4n) is 1.46. The zero-order chi connectivity index (χ0) is 6.81. The van der Waals surface area contributed by atoms with Crippen LogP contribution in [0.5, 0.6) is 0 Å². The molecule has 3 heteroatoms. The van der Waals surface area contributed by atoms with Crippen LogP contribution < -0.4 is 10.6 Å². The second-order valence-electron chi connectivity index (χ2n) is 3.09. The van der Waals surface area contributed by atoms with E-state index < -0.39 is 0 Å². The summed E-state index contributed by atoms with van der Waals surface area (Å²) in [6, 6.07) is 1.35. The molecule has 0 aliphatic carbocycles. The molecule has 0 unspecified atom stereocenters. The van der Waals surface area contributed by atoms with Gasteiger partial charge in [0, 0.05) is 12.6 Å². The average Bonchev–Trinajstić information content (AvgIpc) is 2.29. The monoisotopic (exact) mass is 142 g/mol. The molecule has 2 aliphatic heterocycles. The van der Waals surface area contributed by atoms with Crippen LogP contribution in [-0.2, 0) is 4.74 Å². The molecule has 2 aliphatic rings. The van der Waals surface area contributed by atoms with Crippen LogP contribution in [0.15, 0.2) is 0 Å². The molecule has 0 bridgehead atoms. The maximum absolute atomic E-state index is 5.06. The van der Waals surface area contributed by atoms with Gasteiger partial charge < -0.3 is 15.4 Å². The van der Waals surface area contributed by atoms with Crippen molar-refractivity contribution in [1.29, 1.82) is 0 Å². The predicted molar refractivity (Wildman–Crippen MR) is 39.0 cm³/mol. The van der Waals surface area contributed by atoms with Crippen molar-refractivity contribution < 1.29 is 4.74 Å². The molecule has 0 spiro atoms. The highest BCUT2D eigenvalue weighted by Crippen LogP contribution is 2.04. The molecule has 3 nitrogen and oxygen atoms in total. The SMILES string of the molecule is C1C[C@H](NC2COC2)CN1. The lowest BCUT2D eigenvalue weighted by Gasteiger charge is -2.29. The van der Waals surface area contributed by atoms with Gasteiger partial charge in [-0.15, -0.1) is 0 Å². The van der Waals surface area contributed by atoms with Gasteiger partial charge in [0.15, 0.2) is 0 Å². The van der Waals surface area contributed by atoms with Crippen molar-refractivity contribution in [2.75, 3.05) is 26.3 Å². The molecular formula is C7H14N2O. The van der Waals surface area contributed by atoms with Crippen molar-refractivity contribution in [1.82, 2.24) is 10.6 Å². The molecule has 2 saturated heterocycles. The molecule has 10 heavy (non-hydrogen) atoms. The Labute approximate surface area is 61.1 Å². The van der Waals surface area contributed by atoms with E-state index in [1.165, 1.54) is 13.0 Å². The third-order valence-corrected chi connectivity index (χ3v) is 2.17. The Hall–Kier alpha value is -0.120. The smallest absolute Gasteiger partial charge is 0.0643 e. The van der Waals surface area contributed by atoms with Crippen molar-refractivity contribution in [3.8, 4) is 0 Å². The highest BCUT2D eigenvalue weighted by molar-refractivity contribution is 4.83. The molecule has 0 amide bonds. The van der Waals surface area contributed by atoms with E-state index >= 15 is 0 Å². The zero-order valence-electron chi connectivity index (χ0n) is 6.10. The minimum Gasteiger partial charge on any atom is -0.378 e. The Morgan fingerprint density at radius 2 is 2.20 bits per heavy atom. The molecule has 0 radical (unpaired) electrons. The third-order valence-electron chi connectivity index (χ3n) is 2.17. The van der Waals surface area contributed by atoms with Gasteiger partial charge in [-0.25, -0.2) is 0 Å².